The van der Waals surface area contributed by atoms with Gasteiger partial charge in [-0.3, -0.25) is 0 Å². The molecule has 2 aromatic rings. The zero-order valence-electron chi connectivity index (χ0n) is 12.8. The Balaban J connectivity index is 2.18. The minimum atomic E-state index is -0.686. The summed E-state index contributed by atoms with van der Waals surface area (Å²) >= 11 is 9.59. The minimum absolute atomic E-state index is 0.185. The molecule has 0 saturated carbocycles. The van der Waals surface area contributed by atoms with E-state index < -0.39 is 5.54 Å². The Hall–Kier alpha value is -1.72. The van der Waals surface area contributed by atoms with Crippen molar-refractivity contribution in [1.29, 1.82) is 0 Å². The molecule has 2 N–H and O–H groups in total. The number of aryl methyl sites for hydroxylation is 1. The van der Waals surface area contributed by atoms with Crippen molar-refractivity contribution in [3.05, 3.63) is 62.6 Å². The van der Waals surface area contributed by atoms with Crippen LogP contribution in [0, 0.1) is 6.92 Å². The summed E-state index contributed by atoms with van der Waals surface area (Å²) < 4.78 is 11.6. The Morgan fingerprint density at radius 1 is 1.26 bits per heavy atom. The van der Waals surface area contributed by atoms with Crippen LogP contribution in [0.3, 0.4) is 0 Å². The predicted octanol–water partition coefficient (Wildman–Crippen LogP) is 4.01. The van der Waals surface area contributed by atoms with Crippen LogP contribution < -0.4 is 10.5 Å². The monoisotopic (exact) mass is 394 g/mol. The third-order valence-electron chi connectivity index (χ3n) is 4.00. The largest absolute Gasteiger partial charge is 0.496 e. The van der Waals surface area contributed by atoms with Gasteiger partial charge in [-0.25, -0.2) is 4.99 Å². The highest BCUT2D eigenvalue weighted by Gasteiger charge is 2.40. The lowest BCUT2D eigenvalue weighted by molar-refractivity contribution is 0.278. The molecule has 0 amide bonds. The maximum Gasteiger partial charge on any atom is 0.283 e. The van der Waals surface area contributed by atoms with Gasteiger partial charge in [-0.05, 0) is 63.8 Å². The third kappa shape index (κ3) is 2.79. The average molecular weight is 396 g/mol. The molecular formula is C17H16BrClN2O2. The Bertz CT molecular complexity index is 794. The highest BCUT2D eigenvalue weighted by Crippen LogP contribution is 2.40. The van der Waals surface area contributed by atoms with E-state index in [1.807, 2.05) is 43.3 Å². The summed E-state index contributed by atoms with van der Waals surface area (Å²) in [5.74, 6) is 0.831. The van der Waals surface area contributed by atoms with Gasteiger partial charge >= 0.3 is 0 Å². The molecule has 6 heteroatoms. The second-order valence-electron chi connectivity index (χ2n) is 5.41. The van der Waals surface area contributed by atoms with E-state index in [9.17, 15) is 0 Å². The van der Waals surface area contributed by atoms with Gasteiger partial charge in [-0.15, -0.1) is 0 Å². The van der Waals surface area contributed by atoms with Crippen LogP contribution in [-0.4, -0.2) is 19.7 Å². The second kappa shape index (κ2) is 6.06. The number of benzene rings is 2. The number of aliphatic imine (C=N–C) groups is 1. The van der Waals surface area contributed by atoms with E-state index in [0.717, 1.165) is 26.9 Å². The van der Waals surface area contributed by atoms with E-state index in [1.54, 1.807) is 7.11 Å². The zero-order valence-corrected chi connectivity index (χ0v) is 15.1. The smallest absolute Gasteiger partial charge is 0.283 e. The highest BCUT2D eigenvalue weighted by atomic mass is 79.9. The molecule has 2 aromatic carbocycles. The van der Waals surface area contributed by atoms with Crippen molar-refractivity contribution < 1.29 is 9.47 Å². The van der Waals surface area contributed by atoms with E-state index in [4.69, 9.17) is 26.8 Å². The molecule has 1 heterocycles. The number of amidine groups is 1. The van der Waals surface area contributed by atoms with Crippen molar-refractivity contribution in [2.45, 2.75) is 12.5 Å². The lowest BCUT2D eigenvalue weighted by Gasteiger charge is -2.26. The summed E-state index contributed by atoms with van der Waals surface area (Å²) in [5, 5.41) is 0.644. The first-order valence-corrected chi connectivity index (χ1v) is 8.22. The first-order valence-electron chi connectivity index (χ1n) is 7.05. The van der Waals surface area contributed by atoms with Gasteiger partial charge in [0.05, 0.1) is 12.1 Å². The van der Waals surface area contributed by atoms with Crippen LogP contribution in [0.4, 0.5) is 0 Å². The van der Waals surface area contributed by atoms with Crippen LogP contribution in [0.15, 0.2) is 45.9 Å². The quantitative estimate of drug-likeness (QED) is 0.854. The van der Waals surface area contributed by atoms with E-state index >= 15 is 0 Å². The topological polar surface area (TPSA) is 56.8 Å². The summed E-state index contributed by atoms with van der Waals surface area (Å²) in [5.41, 5.74) is 8.10. The summed E-state index contributed by atoms with van der Waals surface area (Å²) in [7, 11) is 1.66. The van der Waals surface area contributed by atoms with Crippen LogP contribution in [0.1, 0.15) is 16.7 Å². The van der Waals surface area contributed by atoms with Gasteiger partial charge in [-0.2, -0.15) is 0 Å². The predicted molar refractivity (Wildman–Crippen MR) is 95.2 cm³/mol. The normalized spacial score (nSPS) is 20.1. The Labute approximate surface area is 148 Å². The number of nitrogens with two attached hydrogens (primary N) is 1. The molecule has 1 aliphatic heterocycles. The summed E-state index contributed by atoms with van der Waals surface area (Å²) in [6, 6.07) is 11.9. The van der Waals surface area contributed by atoms with E-state index in [-0.39, 0.29) is 6.02 Å². The van der Waals surface area contributed by atoms with Crippen LogP contribution >= 0.6 is 27.5 Å². The van der Waals surface area contributed by atoms with Crippen LogP contribution in [0.25, 0.3) is 0 Å². The molecule has 23 heavy (non-hydrogen) atoms. The second-order valence-corrected chi connectivity index (χ2v) is 6.67. The van der Waals surface area contributed by atoms with Crippen LogP contribution in [0.5, 0.6) is 5.75 Å². The van der Waals surface area contributed by atoms with Crippen molar-refractivity contribution in [3.63, 3.8) is 0 Å². The van der Waals surface area contributed by atoms with Gasteiger partial charge in [0.2, 0.25) is 0 Å². The first-order chi connectivity index (χ1) is 11.0. The maximum atomic E-state index is 6.12. The fourth-order valence-corrected chi connectivity index (χ4v) is 3.28. The Morgan fingerprint density at radius 2 is 1.96 bits per heavy atom. The van der Waals surface area contributed by atoms with Crippen molar-refractivity contribution in [2.75, 3.05) is 13.7 Å². The molecular weight excluding hydrogens is 380 g/mol. The third-order valence-corrected chi connectivity index (χ3v) is 5.21. The lowest BCUT2D eigenvalue weighted by atomic mass is 9.83. The van der Waals surface area contributed by atoms with Gasteiger partial charge in [-0.1, -0.05) is 23.7 Å². The molecule has 0 unspecified atom stereocenters. The molecule has 3 rings (SSSR count). The zero-order chi connectivity index (χ0) is 16.6. The maximum absolute atomic E-state index is 6.12. The molecule has 1 atom stereocenters. The highest BCUT2D eigenvalue weighted by molar-refractivity contribution is 9.10. The van der Waals surface area contributed by atoms with Crippen LogP contribution in [-0.2, 0) is 10.3 Å². The van der Waals surface area contributed by atoms with Crippen molar-refractivity contribution in [3.8, 4) is 5.75 Å². The molecule has 0 aromatic heterocycles. The summed E-state index contributed by atoms with van der Waals surface area (Å²) in [4.78, 5) is 4.60. The van der Waals surface area contributed by atoms with Gasteiger partial charge in [0.25, 0.3) is 6.02 Å². The van der Waals surface area contributed by atoms with Gasteiger partial charge < -0.3 is 15.2 Å². The number of hydrogen-bond donors (Lipinski definition) is 1. The Kier molecular flexibility index (Phi) is 4.25. The standard InChI is InChI=1S/C17H16BrClN2O2/c1-10-7-11(4-6-15(10)22-2)17(9-23-16(20)21-17)12-3-5-14(19)13(18)8-12/h3-8H,9H2,1-2H3,(H2,20,21)/t17-/m0/s1. The molecule has 0 bridgehead atoms. The molecule has 120 valence electrons. The summed E-state index contributed by atoms with van der Waals surface area (Å²) in [6.07, 6.45) is 0. The summed E-state index contributed by atoms with van der Waals surface area (Å²) in [6.45, 7) is 2.34. The van der Waals surface area contributed by atoms with E-state index in [1.165, 1.54) is 0 Å². The minimum Gasteiger partial charge on any atom is -0.496 e. The van der Waals surface area contributed by atoms with Crippen LogP contribution in [0.2, 0.25) is 5.02 Å². The molecule has 0 aliphatic carbocycles. The number of halogens is 2. The number of methoxy groups -OCH3 is 1. The van der Waals surface area contributed by atoms with Gasteiger partial charge in [0.15, 0.2) is 5.54 Å². The number of rotatable bonds is 3. The fourth-order valence-electron chi connectivity index (χ4n) is 2.78. The Morgan fingerprint density at radius 3 is 2.52 bits per heavy atom. The number of ether oxygens (including phenoxy) is 2. The average Bonchev–Trinajstić information content (AvgIpc) is 2.93. The molecule has 1 aliphatic rings. The number of hydrogen-bond acceptors (Lipinski definition) is 4. The molecule has 0 fully saturated rings. The lowest BCUT2D eigenvalue weighted by Crippen LogP contribution is -2.27. The molecule has 0 spiro atoms. The molecule has 0 radical (unpaired) electrons. The first kappa shape index (κ1) is 16.1. The molecule has 0 saturated heterocycles. The SMILES string of the molecule is COc1ccc([C@]2(c3ccc(Cl)c(Br)c3)COC(N)=N2)cc1C. The fraction of sp³-hybridized carbons (Fsp3) is 0.235. The van der Waals surface area contributed by atoms with Crippen molar-refractivity contribution in [2.24, 2.45) is 10.7 Å². The van der Waals surface area contributed by atoms with Gasteiger partial charge in [0.1, 0.15) is 12.4 Å². The van der Waals surface area contributed by atoms with Crippen molar-refractivity contribution in [1.82, 2.24) is 0 Å². The van der Waals surface area contributed by atoms with Gasteiger partial charge in [0, 0.05) is 4.47 Å². The van der Waals surface area contributed by atoms with E-state index in [0.29, 0.717) is 11.6 Å². The molecule has 4 nitrogen and oxygen atoms in total. The van der Waals surface area contributed by atoms with E-state index in [2.05, 4.69) is 20.9 Å². The number of nitrogens with zero attached hydrogens (tertiary/aromatic N) is 1. The van der Waals surface area contributed by atoms with Crippen molar-refractivity contribution >= 4 is 33.6 Å².